The van der Waals surface area contributed by atoms with Crippen molar-refractivity contribution in [3.63, 3.8) is 0 Å². The Morgan fingerprint density at radius 3 is 2.64 bits per heavy atom. The number of nitriles is 1. The number of nitroso groups, excluding NO2 is 1. The molecule has 0 aromatic carbocycles. The summed E-state index contributed by atoms with van der Waals surface area (Å²) in [6, 6.07) is 1.63. The normalized spacial score (nSPS) is 12.0. The highest BCUT2D eigenvalue weighted by Gasteiger charge is 1.87. The van der Waals surface area contributed by atoms with Gasteiger partial charge in [0.05, 0.1) is 0 Å². The van der Waals surface area contributed by atoms with Gasteiger partial charge in [-0.3, -0.25) is 0 Å². The Kier molecular flexibility index (Phi) is 4.34. The average molecular weight is 148 g/mol. The van der Waals surface area contributed by atoms with E-state index in [0.29, 0.717) is 0 Å². The zero-order valence-corrected chi connectivity index (χ0v) is 6.24. The van der Waals surface area contributed by atoms with E-state index in [9.17, 15) is 4.91 Å². The van der Waals surface area contributed by atoms with Crippen molar-refractivity contribution in [2.75, 3.05) is 0 Å². The number of nitrogens with zero attached hydrogens (tertiary/aromatic N) is 2. The van der Waals surface area contributed by atoms with Crippen molar-refractivity contribution in [3.8, 4) is 6.07 Å². The number of hydrogen-bond donors (Lipinski definition) is 0. The van der Waals surface area contributed by atoms with Gasteiger partial charge < -0.3 is 0 Å². The minimum absolute atomic E-state index is 0.133. The maximum Gasteiger partial charge on any atom is 0.184 e. The minimum atomic E-state index is -0.133. The summed E-state index contributed by atoms with van der Waals surface area (Å²) in [5.41, 5.74) is 0.743. The van der Waals surface area contributed by atoms with Crippen molar-refractivity contribution in [1.82, 2.24) is 0 Å². The smallest absolute Gasteiger partial charge is 0.184 e. The third-order valence-corrected chi connectivity index (χ3v) is 1.04. The fourth-order valence-corrected chi connectivity index (χ4v) is 0.367. The van der Waals surface area contributed by atoms with Gasteiger partial charge in [-0.1, -0.05) is 24.3 Å². The monoisotopic (exact) mass is 148 g/mol. The summed E-state index contributed by atoms with van der Waals surface area (Å²) < 4.78 is 0. The van der Waals surface area contributed by atoms with E-state index in [1.54, 1.807) is 18.2 Å². The van der Waals surface area contributed by atoms with Crippen molar-refractivity contribution >= 4 is 0 Å². The Hall–Kier alpha value is -1.69. The van der Waals surface area contributed by atoms with Crippen LogP contribution in [0.5, 0.6) is 0 Å². The van der Waals surface area contributed by atoms with Crippen LogP contribution in [0, 0.1) is 16.2 Å². The second-order valence-corrected chi connectivity index (χ2v) is 1.87. The molecule has 0 rings (SSSR count). The molecule has 0 bridgehead atoms. The van der Waals surface area contributed by atoms with Gasteiger partial charge in [0.15, 0.2) is 5.70 Å². The maximum absolute atomic E-state index is 9.84. The summed E-state index contributed by atoms with van der Waals surface area (Å²) in [6.07, 6.45) is 4.58. The molecule has 0 aliphatic carbocycles. The Labute approximate surface area is 65.3 Å². The first-order valence-electron chi connectivity index (χ1n) is 2.99. The topological polar surface area (TPSA) is 53.2 Å². The van der Waals surface area contributed by atoms with Gasteiger partial charge in [0.1, 0.15) is 6.07 Å². The summed E-state index contributed by atoms with van der Waals surface area (Å²) in [7, 11) is 0. The molecule has 0 unspecified atom stereocenters. The molecule has 0 heterocycles. The van der Waals surface area contributed by atoms with Gasteiger partial charge in [-0.2, -0.15) is 5.26 Å². The van der Waals surface area contributed by atoms with Crippen molar-refractivity contribution < 1.29 is 0 Å². The fraction of sp³-hybridized carbons (Fsp3) is 0.125. The number of allylic oxidation sites excluding steroid dienone is 5. The third kappa shape index (κ3) is 3.82. The molecule has 56 valence electrons. The van der Waals surface area contributed by atoms with Crippen LogP contribution < -0.4 is 0 Å². The van der Waals surface area contributed by atoms with E-state index in [0.717, 1.165) is 5.57 Å². The van der Waals surface area contributed by atoms with Crippen LogP contribution in [0.1, 0.15) is 6.92 Å². The molecular weight excluding hydrogens is 140 g/mol. The first-order chi connectivity index (χ1) is 5.24. The van der Waals surface area contributed by atoms with Crippen molar-refractivity contribution in [2.24, 2.45) is 5.18 Å². The molecule has 0 saturated carbocycles. The van der Waals surface area contributed by atoms with Gasteiger partial charge in [0.25, 0.3) is 0 Å². The molecule has 0 amide bonds. The maximum atomic E-state index is 9.84. The lowest BCUT2D eigenvalue weighted by Crippen LogP contribution is -1.69. The molecule has 0 atom stereocenters. The van der Waals surface area contributed by atoms with E-state index in [1.807, 2.05) is 6.92 Å². The largest absolute Gasteiger partial charge is 0.191 e. The van der Waals surface area contributed by atoms with E-state index in [2.05, 4.69) is 11.8 Å². The average Bonchev–Trinajstić information content (AvgIpc) is 2.06. The molecule has 11 heavy (non-hydrogen) atoms. The SMILES string of the molecule is C=C/C(C)=C\C=C(\C#N)N=O. The van der Waals surface area contributed by atoms with E-state index in [-0.39, 0.29) is 5.70 Å². The highest BCUT2D eigenvalue weighted by atomic mass is 16.3. The molecular formula is C8H8N2O. The van der Waals surface area contributed by atoms with E-state index in [1.165, 1.54) is 6.08 Å². The zero-order chi connectivity index (χ0) is 8.69. The van der Waals surface area contributed by atoms with Gasteiger partial charge in [0, 0.05) is 0 Å². The minimum Gasteiger partial charge on any atom is -0.191 e. The molecule has 3 nitrogen and oxygen atoms in total. The van der Waals surface area contributed by atoms with Gasteiger partial charge >= 0.3 is 0 Å². The van der Waals surface area contributed by atoms with Gasteiger partial charge in [-0.25, -0.2) is 0 Å². The van der Waals surface area contributed by atoms with E-state index in [4.69, 9.17) is 5.26 Å². The van der Waals surface area contributed by atoms with Crippen molar-refractivity contribution in [1.29, 1.82) is 5.26 Å². The van der Waals surface area contributed by atoms with Crippen LogP contribution in [0.25, 0.3) is 0 Å². The summed E-state index contributed by atoms with van der Waals surface area (Å²) >= 11 is 0. The molecule has 3 heteroatoms. The summed E-state index contributed by atoms with van der Waals surface area (Å²) in [5, 5.41) is 10.7. The third-order valence-electron chi connectivity index (χ3n) is 1.04. The van der Waals surface area contributed by atoms with Crippen molar-refractivity contribution in [2.45, 2.75) is 6.92 Å². The van der Waals surface area contributed by atoms with E-state index < -0.39 is 0 Å². The quantitative estimate of drug-likeness (QED) is 0.350. The summed E-state index contributed by atoms with van der Waals surface area (Å²) in [6.45, 7) is 5.31. The predicted molar refractivity (Wildman–Crippen MR) is 43.4 cm³/mol. The standard InChI is InChI=1S/C8H8N2O/c1-3-7(2)4-5-8(6-9)10-11/h3-5H,1H2,2H3/b7-4-,8-5-. The second kappa shape index (κ2) is 5.12. The first kappa shape index (κ1) is 9.31. The van der Waals surface area contributed by atoms with Crippen LogP contribution in [-0.4, -0.2) is 0 Å². The highest BCUT2D eigenvalue weighted by molar-refractivity contribution is 5.28. The van der Waals surface area contributed by atoms with Crippen LogP contribution in [0.15, 0.2) is 41.3 Å². The lowest BCUT2D eigenvalue weighted by Gasteiger charge is -1.83. The van der Waals surface area contributed by atoms with Gasteiger partial charge in [0.2, 0.25) is 0 Å². The highest BCUT2D eigenvalue weighted by Crippen LogP contribution is 1.98. The summed E-state index contributed by atoms with van der Waals surface area (Å²) in [4.78, 5) is 9.84. The number of rotatable bonds is 3. The van der Waals surface area contributed by atoms with Crippen molar-refractivity contribution in [3.05, 3.63) is 41.0 Å². The summed E-state index contributed by atoms with van der Waals surface area (Å²) in [5.74, 6) is 0. The molecule has 0 aromatic rings. The lowest BCUT2D eigenvalue weighted by molar-refractivity contribution is 1.36. The first-order valence-corrected chi connectivity index (χ1v) is 2.99. The molecule has 0 fully saturated rings. The van der Waals surface area contributed by atoms with Crippen LogP contribution >= 0.6 is 0 Å². The lowest BCUT2D eigenvalue weighted by atomic mass is 10.2. The Bertz CT molecular complexity index is 256. The zero-order valence-electron chi connectivity index (χ0n) is 6.24. The van der Waals surface area contributed by atoms with E-state index >= 15 is 0 Å². The van der Waals surface area contributed by atoms with Crippen LogP contribution in [-0.2, 0) is 0 Å². The Balaban J connectivity index is 4.45. The molecule has 0 spiro atoms. The molecule has 0 saturated heterocycles. The van der Waals surface area contributed by atoms with Gasteiger partial charge in [-0.05, 0) is 18.2 Å². The predicted octanol–water partition coefficient (Wildman–Crippen LogP) is 2.29. The van der Waals surface area contributed by atoms with Gasteiger partial charge in [-0.15, -0.1) is 4.91 Å². The van der Waals surface area contributed by atoms with Crippen LogP contribution in [0.4, 0.5) is 0 Å². The molecule has 0 aromatic heterocycles. The van der Waals surface area contributed by atoms with Crippen LogP contribution in [0.2, 0.25) is 0 Å². The molecule has 0 aliphatic heterocycles. The Morgan fingerprint density at radius 1 is 1.64 bits per heavy atom. The fourth-order valence-electron chi connectivity index (χ4n) is 0.367. The Morgan fingerprint density at radius 2 is 2.27 bits per heavy atom. The molecule has 0 radical (unpaired) electrons. The number of hydrogen-bond acceptors (Lipinski definition) is 3. The molecule has 0 N–H and O–H groups in total. The second-order valence-electron chi connectivity index (χ2n) is 1.87. The van der Waals surface area contributed by atoms with Crippen LogP contribution in [0.3, 0.4) is 0 Å². The molecule has 0 aliphatic rings.